The lowest BCUT2D eigenvalue weighted by Gasteiger charge is -2.37. The standard InChI is InChI=1S/C22H38N2/c1-18(22(5,6)7)19-8-10-20(11-9-19)24-16-14-23(15-17-24)13-12-21(2,3)4/h8-11,18H,12-17H2,1-7H3. The molecule has 2 rings (SSSR count). The van der Waals surface area contributed by atoms with E-state index in [2.05, 4.69) is 82.5 Å². The van der Waals surface area contributed by atoms with Crippen molar-refractivity contribution in [2.24, 2.45) is 10.8 Å². The van der Waals surface area contributed by atoms with Crippen molar-refractivity contribution in [3.05, 3.63) is 29.8 Å². The second kappa shape index (κ2) is 7.47. The Kier molecular flexibility index (Phi) is 6.01. The van der Waals surface area contributed by atoms with E-state index in [0.29, 0.717) is 16.7 Å². The summed E-state index contributed by atoms with van der Waals surface area (Å²) in [5.41, 5.74) is 3.60. The van der Waals surface area contributed by atoms with Gasteiger partial charge in [0.2, 0.25) is 0 Å². The Morgan fingerprint density at radius 3 is 1.88 bits per heavy atom. The second-order valence-corrected chi connectivity index (χ2v) is 9.82. The fourth-order valence-corrected chi connectivity index (χ4v) is 3.20. The summed E-state index contributed by atoms with van der Waals surface area (Å²) in [5, 5.41) is 0. The first kappa shape index (κ1) is 19.3. The van der Waals surface area contributed by atoms with Crippen LogP contribution in [0.1, 0.15) is 66.4 Å². The van der Waals surface area contributed by atoms with Gasteiger partial charge in [0.15, 0.2) is 0 Å². The Balaban J connectivity index is 1.88. The maximum atomic E-state index is 2.62. The third-order valence-corrected chi connectivity index (χ3v) is 5.61. The summed E-state index contributed by atoms with van der Waals surface area (Å²) < 4.78 is 0. The molecule has 1 fully saturated rings. The lowest BCUT2D eigenvalue weighted by molar-refractivity contribution is 0.217. The fourth-order valence-electron chi connectivity index (χ4n) is 3.20. The minimum atomic E-state index is 0.320. The van der Waals surface area contributed by atoms with Crippen LogP contribution in [-0.4, -0.2) is 37.6 Å². The summed E-state index contributed by atoms with van der Waals surface area (Å²) in [4.78, 5) is 5.16. The van der Waals surface area contributed by atoms with Crippen molar-refractivity contribution < 1.29 is 0 Å². The number of rotatable bonds is 4. The highest BCUT2D eigenvalue weighted by atomic mass is 15.3. The highest BCUT2D eigenvalue weighted by Crippen LogP contribution is 2.35. The summed E-state index contributed by atoms with van der Waals surface area (Å²) in [5.74, 6) is 0.584. The van der Waals surface area contributed by atoms with Gasteiger partial charge in [-0.05, 0) is 47.4 Å². The molecule has 1 aliphatic heterocycles. The molecule has 1 aromatic carbocycles. The van der Waals surface area contributed by atoms with Gasteiger partial charge < -0.3 is 4.90 Å². The molecule has 0 saturated carbocycles. The monoisotopic (exact) mass is 330 g/mol. The zero-order valence-corrected chi connectivity index (χ0v) is 17.0. The van der Waals surface area contributed by atoms with Crippen LogP contribution in [0.25, 0.3) is 0 Å². The first-order valence-corrected chi connectivity index (χ1v) is 9.63. The first-order chi connectivity index (χ1) is 11.1. The van der Waals surface area contributed by atoms with Crippen molar-refractivity contribution in [2.45, 2.75) is 60.8 Å². The molecule has 1 saturated heterocycles. The van der Waals surface area contributed by atoms with Gasteiger partial charge in [0.25, 0.3) is 0 Å². The molecule has 1 aromatic rings. The summed E-state index contributed by atoms with van der Waals surface area (Å²) in [6.07, 6.45) is 1.28. The Morgan fingerprint density at radius 1 is 0.875 bits per heavy atom. The molecule has 24 heavy (non-hydrogen) atoms. The first-order valence-electron chi connectivity index (χ1n) is 9.63. The van der Waals surface area contributed by atoms with E-state index in [1.807, 2.05) is 0 Å². The van der Waals surface area contributed by atoms with Crippen molar-refractivity contribution in [3.63, 3.8) is 0 Å². The lowest BCUT2D eigenvalue weighted by Crippen LogP contribution is -2.47. The molecular weight excluding hydrogens is 292 g/mol. The number of hydrogen-bond donors (Lipinski definition) is 0. The second-order valence-electron chi connectivity index (χ2n) is 9.82. The summed E-state index contributed by atoms with van der Waals surface area (Å²) in [7, 11) is 0. The summed E-state index contributed by atoms with van der Waals surface area (Å²) in [6, 6.07) is 9.30. The summed E-state index contributed by atoms with van der Waals surface area (Å²) in [6.45, 7) is 22.2. The van der Waals surface area contributed by atoms with Crippen LogP contribution in [0.15, 0.2) is 24.3 Å². The van der Waals surface area contributed by atoms with Crippen LogP contribution in [0.5, 0.6) is 0 Å². The molecule has 1 unspecified atom stereocenters. The van der Waals surface area contributed by atoms with Crippen LogP contribution >= 0.6 is 0 Å². The Hall–Kier alpha value is -1.02. The van der Waals surface area contributed by atoms with Crippen LogP contribution < -0.4 is 4.90 Å². The third kappa shape index (κ3) is 5.51. The van der Waals surface area contributed by atoms with Gasteiger partial charge >= 0.3 is 0 Å². The van der Waals surface area contributed by atoms with Gasteiger partial charge in [0.1, 0.15) is 0 Å². The SMILES string of the molecule is CC(c1ccc(N2CCN(CCC(C)(C)C)CC2)cc1)C(C)(C)C. The van der Waals surface area contributed by atoms with Gasteiger partial charge in [-0.15, -0.1) is 0 Å². The zero-order chi connectivity index (χ0) is 18.0. The Morgan fingerprint density at radius 2 is 1.42 bits per heavy atom. The average Bonchev–Trinajstić information content (AvgIpc) is 2.51. The van der Waals surface area contributed by atoms with E-state index in [0.717, 1.165) is 13.1 Å². The number of nitrogens with zero attached hydrogens (tertiary/aromatic N) is 2. The molecule has 136 valence electrons. The molecule has 0 bridgehead atoms. The van der Waals surface area contributed by atoms with Gasteiger partial charge in [-0.1, -0.05) is 60.6 Å². The molecule has 1 aliphatic rings. The predicted molar refractivity (Wildman–Crippen MR) is 107 cm³/mol. The quantitative estimate of drug-likeness (QED) is 0.730. The van der Waals surface area contributed by atoms with E-state index in [1.165, 1.54) is 37.3 Å². The van der Waals surface area contributed by atoms with Gasteiger partial charge in [-0.2, -0.15) is 0 Å². The maximum Gasteiger partial charge on any atom is 0.0367 e. The zero-order valence-electron chi connectivity index (χ0n) is 17.0. The molecule has 0 aliphatic carbocycles. The van der Waals surface area contributed by atoms with Gasteiger partial charge in [0.05, 0.1) is 0 Å². The van der Waals surface area contributed by atoms with E-state index in [1.54, 1.807) is 0 Å². The van der Waals surface area contributed by atoms with Gasteiger partial charge in [-0.25, -0.2) is 0 Å². The summed E-state index contributed by atoms with van der Waals surface area (Å²) >= 11 is 0. The Bertz CT molecular complexity index is 496. The van der Waals surface area contributed by atoms with Crippen molar-refractivity contribution in [2.75, 3.05) is 37.6 Å². The molecule has 2 nitrogen and oxygen atoms in total. The lowest BCUT2D eigenvalue weighted by atomic mass is 9.78. The molecular formula is C22H38N2. The number of hydrogen-bond acceptors (Lipinski definition) is 2. The van der Waals surface area contributed by atoms with Crippen molar-refractivity contribution in [3.8, 4) is 0 Å². The van der Waals surface area contributed by atoms with Crippen LogP contribution in [-0.2, 0) is 0 Å². The van der Waals surface area contributed by atoms with E-state index in [4.69, 9.17) is 0 Å². The number of anilines is 1. The van der Waals surface area contributed by atoms with E-state index in [9.17, 15) is 0 Å². The van der Waals surface area contributed by atoms with Crippen LogP contribution in [0.4, 0.5) is 5.69 Å². The molecule has 0 radical (unpaired) electrons. The highest BCUT2D eigenvalue weighted by molar-refractivity contribution is 5.48. The minimum Gasteiger partial charge on any atom is -0.369 e. The van der Waals surface area contributed by atoms with E-state index in [-0.39, 0.29) is 0 Å². The van der Waals surface area contributed by atoms with E-state index >= 15 is 0 Å². The molecule has 0 spiro atoms. The van der Waals surface area contributed by atoms with Crippen LogP contribution in [0.2, 0.25) is 0 Å². The van der Waals surface area contributed by atoms with E-state index < -0.39 is 0 Å². The Labute approximate surface area is 150 Å². The fraction of sp³-hybridized carbons (Fsp3) is 0.727. The highest BCUT2D eigenvalue weighted by Gasteiger charge is 2.22. The van der Waals surface area contributed by atoms with Crippen molar-refractivity contribution in [1.82, 2.24) is 4.90 Å². The largest absolute Gasteiger partial charge is 0.369 e. The van der Waals surface area contributed by atoms with Crippen molar-refractivity contribution >= 4 is 5.69 Å². The molecule has 1 atom stereocenters. The van der Waals surface area contributed by atoms with Gasteiger partial charge in [0, 0.05) is 31.9 Å². The van der Waals surface area contributed by atoms with Crippen LogP contribution in [0.3, 0.4) is 0 Å². The smallest absolute Gasteiger partial charge is 0.0367 e. The molecule has 2 heteroatoms. The number of benzene rings is 1. The predicted octanol–water partition coefficient (Wildman–Crippen LogP) is 5.39. The molecule has 0 aromatic heterocycles. The van der Waals surface area contributed by atoms with Crippen molar-refractivity contribution in [1.29, 1.82) is 0 Å². The topological polar surface area (TPSA) is 6.48 Å². The number of piperazine rings is 1. The normalized spacial score (nSPS) is 18.7. The van der Waals surface area contributed by atoms with Crippen LogP contribution in [0, 0.1) is 10.8 Å². The maximum absolute atomic E-state index is 2.62. The molecule has 1 heterocycles. The molecule has 0 N–H and O–H groups in total. The minimum absolute atomic E-state index is 0.320. The molecule has 0 amide bonds. The van der Waals surface area contributed by atoms with Gasteiger partial charge in [-0.3, -0.25) is 4.90 Å². The third-order valence-electron chi connectivity index (χ3n) is 5.61. The average molecular weight is 331 g/mol.